The maximum absolute atomic E-state index is 14.4. The van der Waals surface area contributed by atoms with Crippen molar-refractivity contribution >= 4 is 23.6 Å². The largest absolute Gasteiger partial charge is 0.346 e. The van der Waals surface area contributed by atoms with Crippen LogP contribution in [-0.4, -0.2) is 78.5 Å². The van der Waals surface area contributed by atoms with Gasteiger partial charge in [0.05, 0.1) is 70.0 Å². The Hall–Kier alpha value is -7.36. The van der Waals surface area contributed by atoms with Crippen LogP contribution in [0.3, 0.4) is 0 Å². The molecule has 1 unspecified atom stereocenters. The second kappa shape index (κ2) is 18.5. The predicted molar refractivity (Wildman–Crippen MR) is 249 cm³/mol. The van der Waals surface area contributed by atoms with Gasteiger partial charge in [-0.05, 0) is 97.9 Å². The summed E-state index contributed by atoms with van der Waals surface area (Å²) in [6.07, 6.45) is 9.06. The van der Waals surface area contributed by atoms with E-state index in [9.17, 15) is 36.7 Å². The molecule has 2 saturated carbocycles. The lowest BCUT2D eigenvalue weighted by Crippen LogP contribution is -2.41. The van der Waals surface area contributed by atoms with Crippen molar-refractivity contribution in [1.29, 1.82) is 0 Å². The predicted octanol–water partition coefficient (Wildman–Crippen LogP) is 8.25. The normalized spacial score (nSPS) is 19.6. The molecule has 2 aromatic heterocycles. The van der Waals surface area contributed by atoms with E-state index in [1.54, 1.807) is 0 Å². The number of halogens is 4. The number of benzene rings is 4. The number of hydrogen-bond donors (Lipinski definition) is 2. The van der Waals surface area contributed by atoms with Crippen LogP contribution >= 0.6 is 0 Å². The first kappa shape index (κ1) is 45.1. The maximum Gasteiger partial charge on any atom is 0.255 e. The van der Waals surface area contributed by atoms with E-state index < -0.39 is 23.3 Å². The van der Waals surface area contributed by atoms with Gasteiger partial charge >= 0.3 is 0 Å². The summed E-state index contributed by atoms with van der Waals surface area (Å²) < 4.78 is 57.7. The van der Waals surface area contributed by atoms with Crippen molar-refractivity contribution in [2.24, 2.45) is 0 Å². The van der Waals surface area contributed by atoms with E-state index in [1.165, 1.54) is 25.0 Å². The average molecular weight is 949 g/mol. The minimum atomic E-state index is -0.755. The van der Waals surface area contributed by atoms with E-state index in [0.29, 0.717) is 58.8 Å². The summed E-state index contributed by atoms with van der Waals surface area (Å²) in [7, 11) is 0. The number of likely N-dealkylation sites (tertiary alicyclic amines) is 2. The molecule has 6 aliphatic rings. The zero-order valence-corrected chi connectivity index (χ0v) is 38.1. The average Bonchev–Trinajstić information content (AvgIpc) is 4.09. The number of carbonyl (C=O) groups is 4. The third kappa shape index (κ3) is 8.36. The number of hydrogen-bond acceptors (Lipinski definition) is 8. The van der Waals surface area contributed by atoms with Gasteiger partial charge in [0.2, 0.25) is 11.8 Å². The molecule has 0 spiro atoms. The molecule has 12 rings (SSSR count). The van der Waals surface area contributed by atoms with E-state index in [1.807, 2.05) is 58.3 Å². The Morgan fingerprint density at radius 2 is 0.843 bits per heavy atom. The van der Waals surface area contributed by atoms with Gasteiger partial charge in [-0.3, -0.25) is 19.2 Å². The van der Waals surface area contributed by atoms with Gasteiger partial charge < -0.3 is 20.4 Å². The Balaban J connectivity index is 0.000000152. The van der Waals surface area contributed by atoms with Crippen molar-refractivity contribution in [3.05, 3.63) is 164 Å². The second-order valence-electron chi connectivity index (χ2n) is 18.9. The quantitative estimate of drug-likeness (QED) is 0.131. The molecule has 16 heteroatoms. The molecule has 2 N–H and O–H groups in total. The van der Waals surface area contributed by atoms with Crippen LogP contribution < -0.4 is 10.6 Å². The molecule has 6 aromatic rings. The molecule has 12 nitrogen and oxygen atoms in total. The minimum Gasteiger partial charge on any atom is -0.346 e. The van der Waals surface area contributed by atoms with Crippen LogP contribution in [0.25, 0.3) is 22.8 Å². The summed E-state index contributed by atoms with van der Waals surface area (Å²) in [4.78, 5) is 72.2. The van der Waals surface area contributed by atoms with Gasteiger partial charge in [0.25, 0.3) is 11.8 Å². The molecule has 4 aliphatic heterocycles. The van der Waals surface area contributed by atoms with E-state index in [-0.39, 0.29) is 71.3 Å². The Bertz CT molecular complexity index is 2840. The van der Waals surface area contributed by atoms with Crippen LogP contribution in [0.15, 0.2) is 84.9 Å². The second-order valence-corrected chi connectivity index (χ2v) is 18.9. The molecular formula is C54H48F4N8O4. The zero-order chi connectivity index (χ0) is 48.2. The number of rotatable bonds is 10. The molecule has 2 atom stereocenters. The van der Waals surface area contributed by atoms with Crippen molar-refractivity contribution in [1.82, 2.24) is 40.4 Å². The summed E-state index contributed by atoms with van der Waals surface area (Å²) in [5.74, 6) is -3.56. The van der Waals surface area contributed by atoms with Gasteiger partial charge in [-0.25, -0.2) is 37.5 Å². The summed E-state index contributed by atoms with van der Waals surface area (Å²) in [6, 6.07) is 23.6. The summed E-state index contributed by atoms with van der Waals surface area (Å²) in [5, 5.41) is 5.44. The van der Waals surface area contributed by atoms with Gasteiger partial charge in [0.1, 0.15) is 23.3 Å². The topological polar surface area (TPSA) is 150 Å². The van der Waals surface area contributed by atoms with Crippen LogP contribution in [0.2, 0.25) is 0 Å². The lowest BCUT2D eigenvalue weighted by Gasteiger charge is -2.34. The summed E-state index contributed by atoms with van der Waals surface area (Å²) in [5.41, 5.74) is 5.56. The Kier molecular flexibility index (Phi) is 11.9. The first-order valence-corrected chi connectivity index (χ1v) is 24.0. The molecule has 4 aromatic carbocycles. The van der Waals surface area contributed by atoms with Crippen LogP contribution in [-0.2, 0) is 35.5 Å². The third-order valence-corrected chi connectivity index (χ3v) is 14.8. The smallest absolute Gasteiger partial charge is 0.255 e. The van der Waals surface area contributed by atoms with E-state index in [2.05, 4.69) is 30.6 Å². The fraction of sp³-hybridized carbons (Fsp3) is 0.333. The Morgan fingerprint density at radius 3 is 1.19 bits per heavy atom. The van der Waals surface area contributed by atoms with Crippen LogP contribution in [0.1, 0.15) is 129 Å². The van der Waals surface area contributed by atoms with Crippen LogP contribution in [0, 0.1) is 23.3 Å². The standard InChI is InChI=1S/2C27H24F2N4O2/c2*28-19-5-2-6-20(29)23(19)25-31-21(24-22(32-25)14-30-26(24)34)13-15-7-9-16(10-8-15)18-11-12-33(27(18)35)17-3-1-4-17/h2*2,5-10,17-18H,1,3-4,11-14H2,(H,30,34)/t18-;/m0./s1. The highest BCUT2D eigenvalue weighted by Gasteiger charge is 2.40. The Labute approximate surface area is 401 Å². The number of amides is 4. The minimum absolute atomic E-state index is 0.0740. The van der Waals surface area contributed by atoms with E-state index in [4.69, 9.17) is 0 Å². The Morgan fingerprint density at radius 1 is 0.471 bits per heavy atom. The van der Waals surface area contributed by atoms with Crippen molar-refractivity contribution in [3.63, 3.8) is 0 Å². The lowest BCUT2D eigenvalue weighted by molar-refractivity contribution is -0.133. The molecule has 356 valence electrons. The van der Waals surface area contributed by atoms with Crippen molar-refractivity contribution < 1.29 is 36.7 Å². The third-order valence-electron chi connectivity index (χ3n) is 14.8. The maximum atomic E-state index is 14.4. The van der Waals surface area contributed by atoms with Crippen molar-refractivity contribution in [3.8, 4) is 22.8 Å². The first-order chi connectivity index (χ1) is 34.0. The van der Waals surface area contributed by atoms with Gasteiger partial charge in [-0.15, -0.1) is 0 Å². The number of carbonyl (C=O) groups excluding carboxylic acids is 4. The first-order valence-electron chi connectivity index (χ1n) is 24.0. The highest BCUT2D eigenvalue weighted by molar-refractivity contribution is 6.00. The molecule has 4 fully saturated rings. The van der Waals surface area contributed by atoms with Gasteiger partial charge in [-0.1, -0.05) is 60.7 Å². The van der Waals surface area contributed by atoms with Crippen LogP contribution in [0.5, 0.6) is 0 Å². The van der Waals surface area contributed by atoms with E-state index in [0.717, 1.165) is 98.1 Å². The highest BCUT2D eigenvalue weighted by Crippen LogP contribution is 2.38. The number of nitrogens with zero attached hydrogens (tertiary/aromatic N) is 6. The summed E-state index contributed by atoms with van der Waals surface area (Å²) in [6.45, 7) is 2.00. The molecule has 2 aliphatic carbocycles. The molecule has 0 bridgehead atoms. The molecular weight excluding hydrogens is 901 g/mol. The fourth-order valence-electron chi connectivity index (χ4n) is 10.6. The number of aromatic nitrogens is 4. The fourth-order valence-corrected chi connectivity index (χ4v) is 10.6. The molecule has 6 heterocycles. The monoisotopic (exact) mass is 948 g/mol. The summed E-state index contributed by atoms with van der Waals surface area (Å²) >= 11 is 0. The molecule has 70 heavy (non-hydrogen) atoms. The number of nitrogens with one attached hydrogen (secondary N) is 2. The SMILES string of the molecule is O=C1NCc2nc(-c3c(F)cccc3F)nc(Cc3ccc(C4CCN(C5CCC5)C4=O)cc3)c21.O=C1NCc2nc(-c3c(F)cccc3F)nc(Cc3ccc([C@@H]4CCN(C5CCC5)C4=O)cc3)c21. The van der Waals surface area contributed by atoms with Crippen LogP contribution in [0.4, 0.5) is 17.6 Å². The highest BCUT2D eigenvalue weighted by atomic mass is 19.1. The van der Waals surface area contributed by atoms with Crippen molar-refractivity contribution in [2.75, 3.05) is 13.1 Å². The molecule has 0 radical (unpaired) electrons. The molecule has 4 amide bonds. The van der Waals surface area contributed by atoms with Gasteiger partial charge in [-0.2, -0.15) is 0 Å². The van der Waals surface area contributed by atoms with E-state index >= 15 is 0 Å². The molecule has 2 saturated heterocycles. The van der Waals surface area contributed by atoms with Crippen molar-refractivity contribution in [2.45, 2.75) is 101 Å². The number of fused-ring (bicyclic) bond motifs is 2. The lowest BCUT2D eigenvalue weighted by atomic mass is 9.91. The zero-order valence-electron chi connectivity index (χ0n) is 38.1. The van der Waals surface area contributed by atoms with Gasteiger partial charge in [0.15, 0.2) is 11.6 Å². The van der Waals surface area contributed by atoms with Gasteiger partial charge in [0, 0.05) is 38.0 Å².